The lowest BCUT2D eigenvalue weighted by molar-refractivity contribution is -0.115. The van der Waals surface area contributed by atoms with Crippen molar-refractivity contribution in [1.29, 1.82) is 0 Å². The van der Waals surface area contributed by atoms with Crippen LogP contribution in [0.1, 0.15) is 26.7 Å². The second-order valence-corrected chi connectivity index (χ2v) is 9.08. The molecule has 1 heterocycles. The van der Waals surface area contributed by atoms with Gasteiger partial charge in [-0.1, -0.05) is 71.9 Å². The number of amides is 1. The van der Waals surface area contributed by atoms with Crippen molar-refractivity contribution in [3.05, 3.63) is 29.3 Å². The maximum Gasteiger partial charge on any atom is 0.237 e. The Bertz CT molecular complexity index is 650. The van der Waals surface area contributed by atoms with Crippen molar-refractivity contribution < 1.29 is 4.79 Å². The van der Waals surface area contributed by atoms with Crippen molar-refractivity contribution in [3.63, 3.8) is 0 Å². The second-order valence-electron chi connectivity index (χ2n) is 4.77. The topological polar surface area (TPSA) is 54.9 Å². The molecule has 0 radical (unpaired) electrons. The van der Waals surface area contributed by atoms with Crippen LogP contribution in [0.15, 0.2) is 32.9 Å². The number of unbranched alkanes of at least 4 members (excludes halogenated alkanes) is 1. The molecule has 0 fully saturated rings. The first kappa shape index (κ1) is 18.6. The molecule has 1 amide bonds. The predicted octanol–water partition coefficient (Wildman–Crippen LogP) is 5.20. The zero-order chi connectivity index (χ0) is 16.7. The lowest BCUT2D eigenvalue weighted by atomic mass is 10.3. The standard InChI is InChI=1S/C15H18ClN3OS3/c1-3-4-9-21-14-18-19-15(23-14)22-10(2)13(20)17-12-8-6-5-7-11(12)16/h5-8,10H,3-4,9H2,1-2H3,(H,17,20)/t10-/m1/s1. The minimum absolute atomic E-state index is 0.0986. The molecular weight excluding hydrogens is 370 g/mol. The van der Waals surface area contributed by atoms with Crippen LogP contribution in [-0.4, -0.2) is 27.1 Å². The Morgan fingerprint density at radius 3 is 2.83 bits per heavy atom. The van der Waals surface area contributed by atoms with Gasteiger partial charge in [-0.2, -0.15) is 0 Å². The fourth-order valence-corrected chi connectivity index (χ4v) is 5.11. The highest BCUT2D eigenvalue weighted by atomic mass is 35.5. The van der Waals surface area contributed by atoms with Gasteiger partial charge in [-0.3, -0.25) is 4.79 Å². The number of aromatic nitrogens is 2. The number of nitrogens with one attached hydrogen (secondary N) is 1. The Balaban J connectivity index is 1.87. The first-order valence-electron chi connectivity index (χ1n) is 7.28. The van der Waals surface area contributed by atoms with E-state index in [1.54, 1.807) is 23.9 Å². The van der Waals surface area contributed by atoms with E-state index in [-0.39, 0.29) is 11.2 Å². The number of nitrogens with zero attached hydrogens (tertiary/aromatic N) is 2. The third-order valence-corrected chi connectivity index (χ3v) is 6.55. The number of hydrogen-bond acceptors (Lipinski definition) is 6. The molecule has 1 aromatic carbocycles. The van der Waals surface area contributed by atoms with E-state index < -0.39 is 0 Å². The van der Waals surface area contributed by atoms with E-state index in [0.717, 1.165) is 14.4 Å². The molecule has 4 nitrogen and oxygen atoms in total. The smallest absolute Gasteiger partial charge is 0.237 e. The van der Waals surface area contributed by atoms with Crippen LogP contribution in [0, 0.1) is 0 Å². The van der Waals surface area contributed by atoms with Crippen molar-refractivity contribution in [2.75, 3.05) is 11.1 Å². The van der Waals surface area contributed by atoms with Crippen LogP contribution in [-0.2, 0) is 4.79 Å². The van der Waals surface area contributed by atoms with Crippen molar-refractivity contribution in [2.45, 2.75) is 40.6 Å². The fraction of sp³-hybridized carbons (Fsp3) is 0.400. The fourth-order valence-electron chi connectivity index (χ4n) is 1.61. The number of hydrogen-bond donors (Lipinski definition) is 1. The molecule has 124 valence electrons. The van der Waals surface area contributed by atoms with Crippen LogP contribution >= 0.6 is 46.5 Å². The van der Waals surface area contributed by atoms with Gasteiger partial charge in [0, 0.05) is 5.75 Å². The van der Waals surface area contributed by atoms with Crippen LogP contribution in [0.4, 0.5) is 5.69 Å². The molecule has 0 aliphatic carbocycles. The lowest BCUT2D eigenvalue weighted by Crippen LogP contribution is -2.22. The molecule has 1 N–H and O–H groups in total. The summed E-state index contributed by atoms with van der Waals surface area (Å²) >= 11 is 10.7. The van der Waals surface area contributed by atoms with Crippen molar-refractivity contribution in [1.82, 2.24) is 10.2 Å². The van der Waals surface area contributed by atoms with Crippen LogP contribution in [0.3, 0.4) is 0 Å². The van der Waals surface area contributed by atoms with Gasteiger partial charge in [-0.05, 0) is 25.5 Å². The van der Waals surface area contributed by atoms with Crippen LogP contribution in [0.2, 0.25) is 5.02 Å². The number of halogens is 1. The molecule has 2 rings (SSSR count). The van der Waals surface area contributed by atoms with Gasteiger partial charge in [0.15, 0.2) is 8.68 Å². The maximum absolute atomic E-state index is 12.2. The molecular formula is C15H18ClN3OS3. The normalized spacial score (nSPS) is 12.1. The van der Waals surface area contributed by atoms with Gasteiger partial charge < -0.3 is 5.32 Å². The summed E-state index contributed by atoms with van der Waals surface area (Å²) in [7, 11) is 0. The van der Waals surface area contributed by atoms with Gasteiger partial charge in [0.1, 0.15) is 0 Å². The molecule has 1 aromatic heterocycles. The Kier molecular flexibility index (Phi) is 7.69. The maximum atomic E-state index is 12.2. The Labute approximate surface area is 153 Å². The van der Waals surface area contributed by atoms with Crippen molar-refractivity contribution in [3.8, 4) is 0 Å². The van der Waals surface area contributed by atoms with E-state index in [9.17, 15) is 4.79 Å². The summed E-state index contributed by atoms with van der Waals surface area (Å²) in [6.45, 7) is 4.02. The summed E-state index contributed by atoms with van der Waals surface area (Å²) in [5, 5.41) is 11.4. The molecule has 23 heavy (non-hydrogen) atoms. The predicted molar refractivity (Wildman–Crippen MR) is 101 cm³/mol. The first-order chi connectivity index (χ1) is 11.1. The molecule has 8 heteroatoms. The Hall–Kier alpha value is -0.760. The highest BCUT2D eigenvalue weighted by molar-refractivity contribution is 8.03. The van der Waals surface area contributed by atoms with Gasteiger partial charge >= 0.3 is 0 Å². The van der Waals surface area contributed by atoms with Crippen molar-refractivity contribution in [2.24, 2.45) is 0 Å². The second kappa shape index (κ2) is 9.52. The Morgan fingerprint density at radius 2 is 2.09 bits per heavy atom. The largest absolute Gasteiger partial charge is 0.324 e. The average molecular weight is 388 g/mol. The Morgan fingerprint density at radius 1 is 1.35 bits per heavy atom. The molecule has 0 aliphatic rings. The van der Waals surface area contributed by atoms with E-state index >= 15 is 0 Å². The zero-order valence-electron chi connectivity index (χ0n) is 12.9. The highest BCUT2D eigenvalue weighted by Gasteiger charge is 2.18. The van der Waals surface area contributed by atoms with E-state index in [0.29, 0.717) is 10.7 Å². The number of thioether (sulfide) groups is 2. The van der Waals surface area contributed by atoms with Gasteiger partial charge in [-0.25, -0.2) is 0 Å². The molecule has 0 aliphatic heterocycles. The van der Waals surface area contributed by atoms with E-state index in [2.05, 4.69) is 22.4 Å². The third kappa shape index (κ3) is 5.99. The van der Waals surface area contributed by atoms with Crippen molar-refractivity contribution >= 4 is 58.1 Å². The van der Waals surface area contributed by atoms with Crippen LogP contribution in [0.5, 0.6) is 0 Å². The highest BCUT2D eigenvalue weighted by Crippen LogP contribution is 2.32. The molecule has 1 atom stereocenters. The van der Waals surface area contributed by atoms with Gasteiger partial charge in [0.05, 0.1) is 16.0 Å². The minimum atomic E-state index is -0.271. The molecule has 0 spiro atoms. The summed E-state index contributed by atoms with van der Waals surface area (Å²) in [5.74, 6) is 0.955. The summed E-state index contributed by atoms with van der Waals surface area (Å²) < 4.78 is 1.77. The van der Waals surface area contributed by atoms with Crippen LogP contribution < -0.4 is 5.32 Å². The number of rotatable bonds is 8. The summed E-state index contributed by atoms with van der Waals surface area (Å²) in [6.07, 6.45) is 2.34. The number of para-hydroxylation sites is 1. The molecule has 0 unspecified atom stereocenters. The first-order valence-corrected chi connectivity index (χ1v) is 10.3. The van der Waals surface area contributed by atoms with Gasteiger partial charge in [0.2, 0.25) is 5.91 Å². The number of carbonyl (C=O) groups excluding carboxylic acids is 1. The van der Waals surface area contributed by atoms with E-state index in [1.807, 2.05) is 19.1 Å². The number of carbonyl (C=O) groups is 1. The quantitative estimate of drug-likeness (QED) is 0.498. The van der Waals surface area contributed by atoms with Crippen LogP contribution in [0.25, 0.3) is 0 Å². The summed E-state index contributed by atoms with van der Waals surface area (Å²) in [5.41, 5.74) is 0.625. The minimum Gasteiger partial charge on any atom is -0.324 e. The summed E-state index contributed by atoms with van der Waals surface area (Å²) in [4.78, 5) is 12.2. The molecule has 0 saturated heterocycles. The zero-order valence-corrected chi connectivity index (χ0v) is 16.1. The van der Waals surface area contributed by atoms with E-state index in [4.69, 9.17) is 11.6 Å². The number of benzene rings is 1. The molecule has 2 aromatic rings. The number of anilines is 1. The van der Waals surface area contributed by atoms with E-state index in [1.165, 1.54) is 35.9 Å². The van der Waals surface area contributed by atoms with Gasteiger partial charge in [0.25, 0.3) is 0 Å². The monoisotopic (exact) mass is 387 g/mol. The van der Waals surface area contributed by atoms with Gasteiger partial charge in [-0.15, -0.1) is 10.2 Å². The SMILES string of the molecule is CCCCSc1nnc(S[C@H](C)C(=O)Nc2ccccc2Cl)s1. The third-order valence-electron chi connectivity index (χ3n) is 2.89. The molecule has 0 saturated carbocycles. The lowest BCUT2D eigenvalue weighted by Gasteiger charge is -2.11. The summed E-state index contributed by atoms with van der Waals surface area (Å²) in [6, 6.07) is 7.20. The molecule has 0 bridgehead atoms. The average Bonchev–Trinajstić information content (AvgIpc) is 2.97.